The zero-order valence-electron chi connectivity index (χ0n) is 12.3. The number of hydrogen-bond donors (Lipinski definition) is 0. The van der Waals surface area contributed by atoms with E-state index < -0.39 is 0 Å². The maximum Gasteiger partial charge on any atom is 0.126 e. The zero-order valence-corrected chi connectivity index (χ0v) is 13.1. The van der Waals surface area contributed by atoms with E-state index in [1.807, 2.05) is 17.5 Å². The Hall–Kier alpha value is -1.17. The molecule has 0 bridgehead atoms. The van der Waals surface area contributed by atoms with Crippen molar-refractivity contribution in [3.8, 4) is 0 Å². The third kappa shape index (κ3) is 2.53. The first-order chi connectivity index (χ1) is 9.69. The van der Waals surface area contributed by atoms with Crippen molar-refractivity contribution in [3.63, 3.8) is 0 Å². The monoisotopic (exact) mass is 291 g/mol. The molecule has 0 amide bonds. The normalized spacial score (nSPS) is 19.2. The molecule has 0 aromatic carbocycles. The number of nitrogens with zero attached hydrogens (tertiary/aromatic N) is 3. The Bertz CT molecular complexity index is 590. The summed E-state index contributed by atoms with van der Waals surface area (Å²) in [6, 6.07) is 4.80. The second-order valence-electron chi connectivity index (χ2n) is 5.35. The molecule has 2 aromatic rings. The summed E-state index contributed by atoms with van der Waals surface area (Å²) in [5.74, 6) is 1.16. The summed E-state index contributed by atoms with van der Waals surface area (Å²) in [5.41, 5.74) is 1.18. The highest BCUT2D eigenvalue weighted by Gasteiger charge is 2.27. The molecule has 1 aliphatic heterocycles. The number of thiophene rings is 1. The molecule has 0 aliphatic carbocycles. The lowest BCUT2D eigenvalue weighted by atomic mass is 10.2. The number of methoxy groups -OCH3 is 1. The average molecular weight is 291 g/mol. The van der Waals surface area contributed by atoms with Crippen LogP contribution in [0, 0.1) is 6.92 Å². The standard InChI is InChI=1S/C15H21N3OS/c1-11-4-5-14(20-11)9-17-6-7-18-13(10-19-3)8-16-15(18)12(17)2/h4-5,8,12H,6-7,9-10H2,1-3H3/t12-/m1/s1. The highest BCUT2D eigenvalue weighted by Crippen LogP contribution is 2.28. The predicted octanol–water partition coefficient (Wildman–Crippen LogP) is 2.98. The fraction of sp³-hybridized carbons (Fsp3) is 0.533. The smallest absolute Gasteiger partial charge is 0.126 e. The Morgan fingerprint density at radius 1 is 1.40 bits per heavy atom. The maximum atomic E-state index is 5.24. The number of aromatic nitrogens is 2. The van der Waals surface area contributed by atoms with Crippen molar-refractivity contribution in [3.05, 3.63) is 39.6 Å². The second kappa shape index (κ2) is 5.68. The number of fused-ring (bicyclic) bond motifs is 1. The van der Waals surface area contributed by atoms with Gasteiger partial charge in [-0.3, -0.25) is 4.90 Å². The summed E-state index contributed by atoms with van der Waals surface area (Å²) in [7, 11) is 1.73. The number of imidazole rings is 1. The summed E-state index contributed by atoms with van der Waals surface area (Å²) in [6.07, 6.45) is 1.95. The van der Waals surface area contributed by atoms with E-state index in [-0.39, 0.29) is 0 Å². The Labute approximate surface area is 124 Å². The van der Waals surface area contributed by atoms with Crippen molar-refractivity contribution in [2.75, 3.05) is 13.7 Å². The van der Waals surface area contributed by atoms with Crippen LogP contribution < -0.4 is 0 Å². The number of hydrogen-bond acceptors (Lipinski definition) is 4. The van der Waals surface area contributed by atoms with Crippen LogP contribution in [-0.4, -0.2) is 28.1 Å². The van der Waals surface area contributed by atoms with Gasteiger partial charge in [-0.05, 0) is 26.0 Å². The van der Waals surface area contributed by atoms with Crippen LogP contribution in [-0.2, 0) is 24.4 Å². The van der Waals surface area contributed by atoms with Gasteiger partial charge in [0, 0.05) is 36.5 Å². The van der Waals surface area contributed by atoms with Crippen LogP contribution >= 0.6 is 11.3 Å². The highest BCUT2D eigenvalue weighted by molar-refractivity contribution is 7.11. The third-order valence-corrected chi connectivity index (χ3v) is 4.93. The molecule has 1 aliphatic rings. The van der Waals surface area contributed by atoms with Gasteiger partial charge in [-0.15, -0.1) is 11.3 Å². The molecule has 2 aromatic heterocycles. The second-order valence-corrected chi connectivity index (χ2v) is 6.72. The first kappa shape index (κ1) is 13.8. The summed E-state index contributed by atoms with van der Waals surface area (Å²) in [5, 5.41) is 0. The summed E-state index contributed by atoms with van der Waals surface area (Å²) >= 11 is 1.89. The van der Waals surface area contributed by atoms with Crippen molar-refractivity contribution in [2.45, 2.75) is 39.6 Å². The first-order valence-electron chi connectivity index (χ1n) is 7.01. The van der Waals surface area contributed by atoms with Gasteiger partial charge >= 0.3 is 0 Å². The van der Waals surface area contributed by atoms with Crippen molar-refractivity contribution in [1.29, 1.82) is 0 Å². The van der Waals surface area contributed by atoms with Gasteiger partial charge in [-0.25, -0.2) is 4.98 Å². The summed E-state index contributed by atoms with van der Waals surface area (Å²) < 4.78 is 7.55. The molecule has 0 spiro atoms. The minimum absolute atomic E-state index is 0.358. The number of aryl methyl sites for hydroxylation is 1. The fourth-order valence-corrected chi connectivity index (χ4v) is 3.77. The maximum absolute atomic E-state index is 5.24. The van der Waals surface area contributed by atoms with Gasteiger partial charge < -0.3 is 9.30 Å². The van der Waals surface area contributed by atoms with Gasteiger partial charge in [0.2, 0.25) is 0 Å². The van der Waals surface area contributed by atoms with Gasteiger partial charge in [0.05, 0.1) is 24.5 Å². The molecule has 0 fully saturated rings. The molecule has 20 heavy (non-hydrogen) atoms. The van der Waals surface area contributed by atoms with Gasteiger partial charge in [-0.1, -0.05) is 0 Å². The molecule has 3 rings (SSSR count). The molecular formula is C15H21N3OS. The van der Waals surface area contributed by atoms with Crippen LogP contribution in [0.2, 0.25) is 0 Å². The van der Waals surface area contributed by atoms with E-state index in [0.29, 0.717) is 12.6 Å². The Morgan fingerprint density at radius 2 is 2.25 bits per heavy atom. The predicted molar refractivity (Wildman–Crippen MR) is 80.8 cm³/mol. The highest BCUT2D eigenvalue weighted by atomic mass is 32.1. The summed E-state index contributed by atoms with van der Waals surface area (Å²) in [6.45, 7) is 8.14. The van der Waals surface area contributed by atoms with Crippen molar-refractivity contribution in [1.82, 2.24) is 14.5 Å². The lowest BCUT2D eigenvalue weighted by Crippen LogP contribution is -2.36. The van der Waals surface area contributed by atoms with Gasteiger partial charge in [0.25, 0.3) is 0 Å². The van der Waals surface area contributed by atoms with Gasteiger partial charge in [0.1, 0.15) is 5.82 Å². The molecule has 0 radical (unpaired) electrons. The Morgan fingerprint density at radius 3 is 2.95 bits per heavy atom. The Kier molecular flexibility index (Phi) is 3.92. The number of ether oxygens (including phenoxy) is 1. The van der Waals surface area contributed by atoms with E-state index in [1.165, 1.54) is 15.4 Å². The topological polar surface area (TPSA) is 30.3 Å². The van der Waals surface area contributed by atoms with Crippen molar-refractivity contribution >= 4 is 11.3 Å². The first-order valence-corrected chi connectivity index (χ1v) is 7.83. The van der Waals surface area contributed by atoms with Gasteiger partial charge in [0.15, 0.2) is 0 Å². The molecule has 1 atom stereocenters. The molecule has 0 saturated heterocycles. The largest absolute Gasteiger partial charge is 0.378 e. The van der Waals surface area contributed by atoms with E-state index in [0.717, 1.165) is 25.5 Å². The molecular weight excluding hydrogens is 270 g/mol. The minimum Gasteiger partial charge on any atom is -0.378 e. The lowest BCUT2D eigenvalue weighted by molar-refractivity contribution is 0.144. The lowest BCUT2D eigenvalue weighted by Gasteiger charge is -2.34. The van der Waals surface area contributed by atoms with E-state index in [4.69, 9.17) is 4.74 Å². The average Bonchev–Trinajstić information content (AvgIpc) is 3.01. The van der Waals surface area contributed by atoms with E-state index in [1.54, 1.807) is 7.11 Å². The SMILES string of the molecule is COCc1cnc2n1CCN(Cc1ccc(C)s1)[C@@H]2C. The van der Waals surface area contributed by atoms with E-state index in [2.05, 4.69) is 40.4 Å². The van der Waals surface area contributed by atoms with Crippen LogP contribution in [0.4, 0.5) is 0 Å². The molecule has 4 nitrogen and oxygen atoms in total. The van der Waals surface area contributed by atoms with E-state index >= 15 is 0 Å². The van der Waals surface area contributed by atoms with Crippen LogP contribution in [0.1, 0.15) is 34.2 Å². The van der Waals surface area contributed by atoms with Crippen LogP contribution in [0.15, 0.2) is 18.3 Å². The quantitative estimate of drug-likeness (QED) is 0.867. The van der Waals surface area contributed by atoms with Crippen LogP contribution in [0.5, 0.6) is 0 Å². The van der Waals surface area contributed by atoms with Crippen molar-refractivity contribution in [2.24, 2.45) is 0 Å². The summed E-state index contributed by atoms with van der Waals surface area (Å²) in [4.78, 5) is 9.92. The van der Waals surface area contributed by atoms with Crippen LogP contribution in [0.3, 0.4) is 0 Å². The Balaban J connectivity index is 1.77. The molecule has 108 valence electrons. The minimum atomic E-state index is 0.358. The van der Waals surface area contributed by atoms with Crippen LogP contribution in [0.25, 0.3) is 0 Å². The van der Waals surface area contributed by atoms with Gasteiger partial charge in [-0.2, -0.15) is 0 Å². The van der Waals surface area contributed by atoms with Crippen molar-refractivity contribution < 1.29 is 4.74 Å². The number of rotatable bonds is 4. The molecule has 0 unspecified atom stereocenters. The fourth-order valence-electron chi connectivity index (χ4n) is 2.85. The molecule has 0 saturated carbocycles. The molecule has 0 N–H and O–H groups in total. The molecule has 5 heteroatoms. The zero-order chi connectivity index (χ0) is 14.1. The molecule has 3 heterocycles. The third-order valence-electron chi connectivity index (χ3n) is 3.95. The van der Waals surface area contributed by atoms with E-state index in [9.17, 15) is 0 Å².